The Hall–Kier alpha value is -5.28. The van der Waals surface area contributed by atoms with E-state index < -0.39 is 0 Å². The van der Waals surface area contributed by atoms with Crippen molar-refractivity contribution in [3.63, 3.8) is 0 Å². The molecule has 0 bridgehead atoms. The molecule has 0 spiro atoms. The molecule has 1 aromatic heterocycles. The molecule has 0 saturated heterocycles. The highest BCUT2D eigenvalue weighted by atomic mass is 15.1. The van der Waals surface area contributed by atoms with Gasteiger partial charge in [0.25, 0.3) is 0 Å². The quantitative estimate of drug-likeness (QED) is 0.206. The Morgan fingerprint density at radius 3 is 0.929 bits per heavy atom. The average molecular weight is 546 g/mol. The van der Waals surface area contributed by atoms with Crippen LogP contribution in [0, 0.1) is 0 Å². The van der Waals surface area contributed by atoms with Gasteiger partial charge in [0, 0.05) is 63.0 Å². The SMILES string of the molecule is CC.Cn1c2ccc(N(c3ccccc3)c3ccccc3)cc2c2cc(N(c3ccccc3)c3ccccc3)ccc21. The molecule has 0 aliphatic heterocycles. The topological polar surface area (TPSA) is 11.4 Å². The molecule has 0 atom stereocenters. The van der Waals surface area contributed by atoms with Gasteiger partial charge in [-0.15, -0.1) is 0 Å². The van der Waals surface area contributed by atoms with Crippen molar-refractivity contribution in [2.75, 3.05) is 9.80 Å². The summed E-state index contributed by atoms with van der Waals surface area (Å²) in [4.78, 5) is 4.64. The van der Waals surface area contributed by atoms with Gasteiger partial charge in [0.15, 0.2) is 0 Å². The second-order valence-corrected chi connectivity index (χ2v) is 9.97. The van der Waals surface area contributed by atoms with E-state index >= 15 is 0 Å². The van der Waals surface area contributed by atoms with Crippen LogP contribution in [0.2, 0.25) is 0 Å². The molecule has 0 radical (unpaired) electrons. The Morgan fingerprint density at radius 2 is 0.643 bits per heavy atom. The minimum atomic E-state index is 1.13. The second-order valence-electron chi connectivity index (χ2n) is 9.97. The number of fused-ring (bicyclic) bond motifs is 3. The number of aromatic nitrogens is 1. The van der Waals surface area contributed by atoms with E-state index in [0.29, 0.717) is 0 Å². The molecule has 7 aromatic rings. The first-order valence-corrected chi connectivity index (χ1v) is 14.6. The van der Waals surface area contributed by atoms with Gasteiger partial charge in [-0.05, 0) is 84.9 Å². The zero-order valence-electron chi connectivity index (χ0n) is 24.4. The predicted octanol–water partition coefficient (Wildman–Crippen LogP) is 11.3. The minimum Gasteiger partial charge on any atom is -0.344 e. The Bertz CT molecular complexity index is 1670. The van der Waals surface area contributed by atoms with Gasteiger partial charge < -0.3 is 14.4 Å². The third kappa shape index (κ3) is 5.02. The lowest BCUT2D eigenvalue weighted by Gasteiger charge is -2.26. The third-order valence-corrected chi connectivity index (χ3v) is 7.55. The number of benzene rings is 6. The summed E-state index contributed by atoms with van der Waals surface area (Å²) in [7, 11) is 2.16. The van der Waals surface area contributed by atoms with Crippen LogP contribution in [0.3, 0.4) is 0 Å². The molecule has 0 N–H and O–H groups in total. The molecule has 0 unspecified atom stereocenters. The summed E-state index contributed by atoms with van der Waals surface area (Å²) >= 11 is 0. The monoisotopic (exact) mass is 545 g/mol. The molecule has 42 heavy (non-hydrogen) atoms. The maximum Gasteiger partial charge on any atom is 0.0490 e. The Kier molecular flexibility index (Phi) is 7.74. The molecule has 0 aliphatic carbocycles. The van der Waals surface area contributed by atoms with Crippen LogP contribution in [0.25, 0.3) is 21.8 Å². The number of anilines is 6. The zero-order valence-corrected chi connectivity index (χ0v) is 24.4. The molecule has 0 amide bonds. The first-order valence-electron chi connectivity index (χ1n) is 14.6. The lowest BCUT2D eigenvalue weighted by Crippen LogP contribution is -2.09. The fourth-order valence-electron chi connectivity index (χ4n) is 5.68. The summed E-state index contributed by atoms with van der Waals surface area (Å²) in [6.07, 6.45) is 0. The summed E-state index contributed by atoms with van der Waals surface area (Å²) in [5.74, 6) is 0. The Morgan fingerprint density at radius 1 is 0.357 bits per heavy atom. The van der Waals surface area contributed by atoms with Crippen molar-refractivity contribution in [1.29, 1.82) is 0 Å². The fourth-order valence-corrected chi connectivity index (χ4v) is 5.68. The van der Waals surface area contributed by atoms with E-state index in [-0.39, 0.29) is 0 Å². The van der Waals surface area contributed by atoms with Crippen LogP contribution in [0.1, 0.15) is 13.8 Å². The molecular weight excluding hydrogens is 510 g/mol. The van der Waals surface area contributed by atoms with E-state index in [9.17, 15) is 0 Å². The highest BCUT2D eigenvalue weighted by Gasteiger charge is 2.18. The maximum atomic E-state index is 2.33. The van der Waals surface area contributed by atoms with E-state index in [4.69, 9.17) is 0 Å². The average Bonchev–Trinajstić information content (AvgIpc) is 3.35. The van der Waals surface area contributed by atoms with Crippen LogP contribution < -0.4 is 9.80 Å². The van der Waals surface area contributed by atoms with E-state index in [1.54, 1.807) is 0 Å². The number of para-hydroxylation sites is 4. The molecule has 3 heteroatoms. The van der Waals surface area contributed by atoms with E-state index in [0.717, 1.165) is 34.1 Å². The molecule has 0 fully saturated rings. The van der Waals surface area contributed by atoms with Crippen molar-refractivity contribution in [3.05, 3.63) is 158 Å². The first-order chi connectivity index (χ1) is 20.8. The molecule has 0 saturated carbocycles. The highest BCUT2D eigenvalue weighted by molar-refractivity contribution is 6.11. The van der Waals surface area contributed by atoms with Crippen molar-refractivity contribution >= 4 is 55.9 Å². The summed E-state index contributed by atoms with van der Waals surface area (Å²) in [5.41, 5.74) is 9.21. The molecule has 7 rings (SSSR count). The number of rotatable bonds is 6. The molecule has 206 valence electrons. The maximum absolute atomic E-state index is 2.33. The van der Waals surface area contributed by atoms with Crippen LogP contribution in [0.5, 0.6) is 0 Å². The van der Waals surface area contributed by atoms with Gasteiger partial charge in [0.05, 0.1) is 0 Å². The number of nitrogens with zero attached hydrogens (tertiary/aromatic N) is 3. The predicted molar refractivity (Wildman–Crippen MR) is 181 cm³/mol. The van der Waals surface area contributed by atoms with Crippen LogP contribution >= 0.6 is 0 Å². The van der Waals surface area contributed by atoms with Crippen LogP contribution in [0.15, 0.2) is 158 Å². The van der Waals surface area contributed by atoms with Gasteiger partial charge in [-0.25, -0.2) is 0 Å². The minimum absolute atomic E-state index is 1.13. The number of aryl methyl sites for hydroxylation is 1. The summed E-state index contributed by atoms with van der Waals surface area (Å²) < 4.78 is 2.29. The van der Waals surface area contributed by atoms with E-state index in [1.807, 2.05) is 13.8 Å². The van der Waals surface area contributed by atoms with Gasteiger partial charge in [0.1, 0.15) is 0 Å². The lowest BCUT2D eigenvalue weighted by atomic mass is 10.1. The normalized spacial score (nSPS) is 10.7. The van der Waals surface area contributed by atoms with Crippen molar-refractivity contribution in [2.45, 2.75) is 13.8 Å². The van der Waals surface area contributed by atoms with Crippen LogP contribution in [-0.4, -0.2) is 4.57 Å². The molecule has 6 aromatic carbocycles. The highest BCUT2D eigenvalue weighted by Crippen LogP contribution is 2.41. The molecule has 1 heterocycles. The van der Waals surface area contributed by atoms with Crippen LogP contribution in [-0.2, 0) is 7.05 Å². The van der Waals surface area contributed by atoms with Gasteiger partial charge in [-0.2, -0.15) is 0 Å². The second kappa shape index (κ2) is 12.1. The molecule has 0 aliphatic rings. The summed E-state index contributed by atoms with van der Waals surface area (Å²) in [5, 5.41) is 2.46. The first kappa shape index (κ1) is 26.9. The van der Waals surface area contributed by atoms with Crippen molar-refractivity contribution in [1.82, 2.24) is 4.57 Å². The van der Waals surface area contributed by atoms with Crippen molar-refractivity contribution in [3.8, 4) is 0 Å². The largest absolute Gasteiger partial charge is 0.344 e. The number of hydrogen-bond donors (Lipinski definition) is 0. The van der Waals surface area contributed by atoms with Crippen molar-refractivity contribution in [2.24, 2.45) is 7.05 Å². The summed E-state index contributed by atoms with van der Waals surface area (Å²) in [6.45, 7) is 4.00. The van der Waals surface area contributed by atoms with Crippen molar-refractivity contribution < 1.29 is 0 Å². The Balaban J connectivity index is 0.00000155. The third-order valence-electron chi connectivity index (χ3n) is 7.55. The zero-order chi connectivity index (χ0) is 28.9. The molecular formula is C39H35N3. The van der Waals surface area contributed by atoms with Gasteiger partial charge in [-0.3, -0.25) is 0 Å². The Labute approximate surface area is 248 Å². The van der Waals surface area contributed by atoms with Crippen LogP contribution in [0.4, 0.5) is 34.1 Å². The van der Waals surface area contributed by atoms with Gasteiger partial charge >= 0.3 is 0 Å². The fraction of sp³-hybridized carbons (Fsp3) is 0.0769. The lowest BCUT2D eigenvalue weighted by molar-refractivity contribution is 1.01. The van der Waals surface area contributed by atoms with Gasteiger partial charge in [0.2, 0.25) is 0 Å². The standard InChI is InChI=1S/C37H29N3.C2H6/c1-38-36-24-22-32(39(28-14-6-2-7-15-28)29-16-8-3-9-17-29)26-34(36)35-27-33(23-25-37(35)38)40(30-18-10-4-11-19-30)31-20-12-5-13-21-31;1-2/h2-27H,1H3;1-2H3. The smallest absolute Gasteiger partial charge is 0.0490 e. The molecule has 3 nitrogen and oxygen atoms in total. The van der Waals surface area contributed by atoms with E-state index in [1.165, 1.54) is 21.8 Å². The summed E-state index contributed by atoms with van der Waals surface area (Å²) in [6, 6.07) is 55.9. The van der Waals surface area contributed by atoms with E-state index in [2.05, 4.69) is 179 Å². The number of hydrogen-bond acceptors (Lipinski definition) is 2. The van der Waals surface area contributed by atoms with Gasteiger partial charge in [-0.1, -0.05) is 86.6 Å².